The number of pyridine rings is 2. The van der Waals surface area contributed by atoms with Gasteiger partial charge in [-0.3, -0.25) is 9.97 Å². The first kappa shape index (κ1) is 15.3. The van der Waals surface area contributed by atoms with Crippen LogP contribution in [0.4, 0.5) is 0 Å². The van der Waals surface area contributed by atoms with Crippen LogP contribution in [0.2, 0.25) is 0 Å². The number of hydrogen-bond donors (Lipinski definition) is 0. The van der Waals surface area contributed by atoms with Crippen molar-refractivity contribution < 1.29 is 0 Å². The predicted octanol–water partition coefficient (Wildman–Crippen LogP) is 2.87. The zero-order valence-electron chi connectivity index (χ0n) is 14.2. The zero-order chi connectivity index (χ0) is 17.2. The highest BCUT2D eigenvalue weighted by Crippen LogP contribution is 2.19. The van der Waals surface area contributed by atoms with Gasteiger partial charge in [0.15, 0.2) is 0 Å². The minimum atomic E-state index is 0.678. The maximum atomic E-state index is 4.76. The highest BCUT2D eigenvalue weighted by Gasteiger charge is 2.08. The lowest BCUT2D eigenvalue weighted by Gasteiger charge is -2.07. The Labute approximate surface area is 145 Å². The largest absolute Gasteiger partial charge is 0.332 e. The lowest BCUT2D eigenvalue weighted by Crippen LogP contribution is -2.00. The molecule has 124 valence electrons. The van der Waals surface area contributed by atoms with E-state index in [0.29, 0.717) is 6.42 Å². The Balaban J connectivity index is 1.63. The molecule has 0 aliphatic rings. The van der Waals surface area contributed by atoms with Gasteiger partial charge in [0.1, 0.15) is 0 Å². The topological polar surface area (TPSA) is 61.4 Å². The van der Waals surface area contributed by atoms with Crippen LogP contribution >= 0.6 is 0 Å². The summed E-state index contributed by atoms with van der Waals surface area (Å²) in [6.45, 7) is 0. The molecule has 0 saturated carbocycles. The molecule has 4 heterocycles. The summed E-state index contributed by atoms with van der Waals surface area (Å²) in [6, 6.07) is 12.1. The van der Waals surface area contributed by atoms with Gasteiger partial charge < -0.3 is 9.13 Å². The van der Waals surface area contributed by atoms with Crippen LogP contribution in [0.5, 0.6) is 0 Å². The van der Waals surface area contributed by atoms with Gasteiger partial charge in [0.05, 0.1) is 47.8 Å². The number of rotatable bonds is 4. The van der Waals surface area contributed by atoms with Crippen LogP contribution in [-0.4, -0.2) is 29.1 Å². The third-order valence-electron chi connectivity index (χ3n) is 4.13. The molecule has 6 nitrogen and oxygen atoms in total. The van der Waals surface area contributed by atoms with Crippen molar-refractivity contribution in [2.45, 2.75) is 6.42 Å². The molecule has 0 radical (unpaired) electrons. The van der Waals surface area contributed by atoms with E-state index >= 15 is 0 Å². The molecule has 0 unspecified atom stereocenters. The molecule has 0 saturated heterocycles. The van der Waals surface area contributed by atoms with Crippen molar-refractivity contribution in [1.29, 1.82) is 0 Å². The van der Waals surface area contributed by atoms with Crippen LogP contribution in [0.15, 0.2) is 61.4 Å². The summed E-state index contributed by atoms with van der Waals surface area (Å²) in [4.78, 5) is 17.9. The minimum absolute atomic E-state index is 0.678. The second-order valence-corrected chi connectivity index (χ2v) is 5.98. The Morgan fingerprint density at radius 1 is 0.720 bits per heavy atom. The fourth-order valence-corrected chi connectivity index (χ4v) is 2.84. The summed E-state index contributed by atoms with van der Waals surface area (Å²) >= 11 is 0. The van der Waals surface area contributed by atoms with Crippen molar-refractivity contribution in [2.75, 3.05) is 0 Å². The molecule has 0 fully saturated rings. The van der Waals surface area contributed by atoms with Gasteiger partial charge in [0.2, 0.25) is 0 Å². The standard InChI is InChI=1S/C19H18N6/c1-24-12-20-10-18(24)16-7-3-5-14(22-16)9-15-6-4-8-17(23-15)19-11-21-13-25(19)2/h3-8,10-13H,9H2,1-2H3. The summed E-state index contributed by atoms with van der Waals surface area (Å²) < 4.78 is 3.93. The average molecular weight is 330 g/mol. The van der Waals surface area contributed by atoms with E-state index in [9.17, 15) is 0 Å². The maximum absolute atomic E-state index is 4.76. The van der Waals surface area contributed by atoms with Crippen LogP contribution in [0.1, 0.15) is 11.4 Å². The molecule has 0 N–H and O–H groups in total. The molecule has 25 heavy (non-hydrogen) atoms. The lowest BCUT2D eigenvalue weighted by molar-refractivity contribution is 0.908. The van der Waals surface area contributed by atoms with Gasteiger partial charge in [-0.05, 0) is 24.3 Å². The van der Waals surface area contributed by atoms with Crippen molar-refractivity contribution >= 4 is 0 Å². The fourth-order valence-electron chi connectivity index (χ4n) is 2.84. The molecule has 4 rings (SSSR count). The molecule has 0 atom stereocenters. The zero-order valence-corrected chi connectivity index (χ0v) is 14.2. The number of hydrogen-bond acceptors (Lipinski definition) is 4. The first-order valence-corrected chi connectivity index (χ1v) is 8.06. The van der Waals surface area contributed by atoms with Gasteiger partial charge >= 0.3 is 0 Å². The Bertz CT molecular complexity index is 932. The number of aromatic nitrogens is 6. The molecule has 0 aromatic carbocycles. The van der Waals surface area contributed by atoms with Gasteiger partial charge in [0, 0.05) is 31.9 Å². The molecular formula is C19H18N6. The maximum Gasteiger partial charge on any atom is 0.0948 e. The Morgan fingerprint density at radius 3 is 1.60 bits per heavy atom. The monoisotopic (exact) mass is 330 g/mol. The third kappa shape index (κ3) is 3.06. The van der Waals surface area contributed by atoms with Crippen molar-refractivity contribution in [3.63, 3.8) is 0 Å². The highest BCUT2D eigenvalue weighted by atomic mass is 15.0. The minimum Gasteiger partial charge on any atom is -0.332 e. The van der Waals surface area contributed by atoms with Crippen LogP contribution in [0.3, 0.4) is 0 Å². The molecular weight excluding hydrogens is 312 g/mol. The van der Waals surface area contributed by atoms with Crippen LogP contribution in [0, 0.1) is 0 Å². The first-order valence-electron chi connectivity index (χ1n) is 8.06. The fraction of sp³-hybridized carbons (Fsp3) is 0.158. The third-order valence-corrected chi connectivity index (χ3v) is 4.13. The van der Waals surface area contributed by atoms with E-state index in [1.165, 1.54) is 0 Å². The summed E-state index contributed by atoms with van der Waals surface area (Å²) in [7, 11) is 3.94. The average Bonchev–Trinajstić information content (AvgIpc) is 3.23. The Hall–Kier alpha value is -3.28. The van der Waals surface area contributed by atoms with Gasteiger partial charge in [0.25, 0.3) is 0 Å². The normalized spacial score (nSPS) is 11.0. The molecule has 0 bridgehead atoms. The van der Waals surface area contributed by atoms with Gasteiger partial charge in [-0.25, -0.2) is 9.97 Å². The first-order chi connectivity index (χ1) is 12.2. The Kier molecular flexibility index (Phi) is 3.85. The summed E-state index contributed by atoms with van der Waals surface area (Å²) in [5, 5.41) is 0. The summed E-state index contributed by atoms with van der Waals surface area (Å²) in [5.74, 6) is 0. The summed E-state index contributed by atoms with van der Waals surface area (Å²) in [6.07, 6.45) is 7.89. The van der Waals surface area contributed by atoms with Crippen LogP contribution in [-0.2, 0) is 20.5 Å². The van der Waals surface area contributed by atoms with E-state index < -0.39 is 0 Å². The molecule has 0 aliphatic carbocycles. The van der Waals surface area contributed by atoms with Crippen molar-refractivity contribution in [1.82, 2.24) is 29.1 Å². The van der Waals surface area contributed by atoms with Gasteiger partial charge in [-0.1, -0.05) is 12.1 Å². The Morgan fingerprint density at radius 2 is 1.20 bits per heavy atom. The smallest absolute Gasteiger partial charge is 0.0948 e. The van der Waals surface area contributed by atoms with Crippen molar-refractivity contribution in [3.8, 4) is 22.8 Å². The highest BCUT2D eigenvalue weighted by molar-refractivity contribution is 5.55. The number of nitrogens with zero attached hydrogens (tertiary/aromatic N) is 6. The van der Waals surface area contributed by atoms with E-state index in [1.54, 1.807) is 12.7 Å². The second-order valence-electron chi connectivity index (χ2n) is 5.98. The lowest BCUT2D eigenvalue weighted by atomic mass is 10.1. The van der Waals surface area contributed by atoms with Gasteiger partial charge in [-0.15, -0.1) is 0 Å². The molecule has 0 aliphatic heterocycles. The van der Waals surface area contributed by atoms with E-state index in [2.05, 4.69) is 9.97 Å². The van der Waals surface area contributed by atoms with Crippen LogP contribution in [0.25, 0.3) is 22.8 Å². The molecule has 4 aromatic rings. The predicted molar refractivity (Wildman–Crippen MR) is 95.7 cm³/mol. The van der Waals surface area contributed by atoms with Crippen LogP contribution < -0.4 is 0 Å². The van der Waals surface area contributed by atoms with E-state index in [1.807, 2.05) is 72.0 Å². The molecule has 4 aromatic heterocycles. The molecule has 6 heteroatoms. The molecule has 0 amide bonds. The quantitative estimate of drug-likeness (QED) is 0.577. The SMILES string of the molecule is Cn1cncc1-c1cccc(Cc2cccc(-c3cncn3C)n2)n1. The van der Waals surface area contributed by atoms with Crippen molar-refractivity contribution in [3.05, 3.63) is 72.8 Å². The number of aryl methyl sites for hydroxylation is 2. The second kappa shape index (κ2) is 6.32. The summed E-state index contributed by atoms with van der Waals surface area (Å²) in [5.41, 5.74) is 5.79. The molecule has 0 spiro atoms. The van der Waals surface area contributed by atoms with E-state index in [4.69, 9.17) is 9.97 Å². The van der Waals surface area contributed by atoms with Gasteiger partial charge in [-0.2, -0.15) is 0 Å². The van der Waals surface area contributed by atoms with E-state index in [0.717, 1.165) is 34.2 Å². The van der Waals surface area contributed by atoms with Crippen molar-refractivity contribution in [2.24, 2.45) is 14.1 Å². The van der Waals surface area contributed by atoms with E-state index in [-0.39, 0.29) is 0 Å². The number of imidazole rings is 2.